The van der Waals surface area contributed by atoms with Crippen molar-refractivity contribution in [3.8, 4) is 0 Å². The summed E-state index contributed by atoms with van der Waals surface area (Å²) in [5, 5.41) is 0. The third-order valence-corrected chi connectivity index (χ3v) is 3.29. The molecule has 1 aromatic carbocycles. The first-order valence-corrected chi connectivity index (χ1v) is 7.33. The van der Waals surface area contributed by atoms with E-state index < -0.39 is 22.4 Å². The highest BCUT2D eigenvalue weighted by Crippen LogP contribution is 2.21. The molecule has 0 aliphatic rings. The molecule has 1 amide bonds. The fourth-order valence-corrected chi connectivity index (χ4v) is 2.36. The molecule has 1 aromatic rings. The molecule has 1 rings (SSSR count). The zero-order valence-electron chi connectivity index (χ0n) is 9.81. The number of benzene rings is 1. The Morgan fingerprint density at radius 2 is 1.94 bits per heavy atom. The van der Waals surface area contributed by atoms with Crippen LogP contribution in [0.4, 0.5) is 10.5 Å². The number of nitrogens with one attached hydrogen (secondary N) is 2. The van der Waals surface area contributed by atoms with Crippen molar-refractivity contribution in [3.05, 3.63) is 28.7 Å². The van der Waals surface area contributed by atoms with Crippen LogP contribution in [0.1, 0.15) is 13.8 Å². The van der Waals surface area contributed by atoms with E-state index in [1.54, 1.807) is 42.8 Å². The predicted molar refractivity (Wildman–Crippen MR) is 71.4 cm³/mol. The van der Waals surface area contributed by atoms with E-state index in [9.17, 15) is 13.2 Å². The Morgan fingerprint density at radius 1 is 1.33 bits per heavy atom. The van der Waals surface area contributed by atoms with Crippen LogP contribution < -0.4 is 9.44 Å². The molecule has 0 saturated carbocycles. The van der Waals surface area contributed by atoms with Gasteiger partial charge in [0.2, 0.25) is 0 Å². The number of halogens is 1. The van der Waals surface area contributed by atoms with Crippen molar-refractivity contribution < 1.29 is 17.9 Å². The lowest BCUT2D eigenvalue weighted by molar-refractivity contribution is 0.121. The summed E-state index contributed by atoms with van der Waals surface area (Å²) < 4.78 is 32.4. The van der Waals surface area contributed by atoms with E-state index in [4.69, 9.17) is 0 Å². The molecule has 0 aliphatic carbocycles. The smallest absolute Gasteiger partial charge is 0.422 e. The van der Waals surface area contributed by atoms with Crippen molar-refractivity contribution in [1.29, 1.82) is 0 Å². The van der Waals surface area contributed by atoms with Crippen molar-refractivity contribution in [2.75, 3.05) is 4.72 Å². The molecule has 0 spiro atoms. The van der Waals surface area contributed by atoms with E-state index in [1.165, 1.54) is 0 Å². The Labute approximate surface area is 114 Å². The molecular formula is C10H13BrN2O4S. The number of ether oxygens (including phenoxy) is 1. The number of para-hydroxylation sites is 1. The monoisotopic (exact) mass is 336 g/mol. The van der Waals surface area contributed by atoms with Crippen LogP contribution in [0, 0.1) is 0 Å². The van der Waals surface area contributed by atoms with Gasteiger partial charge in [-0.3, -0.25) is 4.72 Å². The van der Waals surface area contributed by atoms with Gasteiger partial charge in [-0.25, -0.2) is 9.52 Å². The molecule has 100 valence electrons. The highest BCUT2D eigenvalue weighted by Gasteiger charge is 2.17. The van der Waals surface area contributed by atoms with E-state index in [-0.39, 0.29) is 0 Å². The molecule has 6 nitrogen and oxygen atoms in total. The molecule has 0 fully saturated rings. The second-order valence-electron chi connectivity index (χ2n) is 3.64. The molecule has 8 heteroatoms. The summed E-state index contributed by atoms with van der Waals surface area (Å²) in [7, 11) is -4.01. The molecule has 2 N–H and O–H groups in total. The molecule has 0 aromatic heterocycles. The standard InChI is InChI=1S/C10H13BrN2O4S/c1-7(2)17-10(14)13-18(15,16)12-9-6-4-3-5-8(9)11/h3-7,12H,1-2H3,(H,13,14). The summed E-state index contributed by atoms with van der Waals surface area (Å²) in [5.41, 5.74) is 0.322. The summed E-state index contributed by atoms with van der Waals surface area (Å²) >= 11 is 3.18. The molecule has 0 atom stereocenters. The first kappa shape index (κ1) is 14.8. The SMILES string of the molecule is CC(C)OC(=O)NS(=O)(=O)Nc1ccccc1Br. The molecule has 18 heavy (non-hydrogen) atoms. The lowest BCUT2D eigenvalue weighted by Crippen LogP contribution is -2.36. The second kappa shape index (κ2) is 6.05. The van der Waals surface area contributed by atoms with Gasteiger partial charge in [0, 0.05) is 4.47 Å². The van der Waals surface area contributed by atoms with Crippen LogP contribution in [0.5, 0.6) is 0 Å². The normalized spacial score (nSPS) is 11.1. The number of amides is 1. The minimum Gasteiger partial charge on any atom is -0.446 e. The maximum atomic E-state index is 11.6. The van der Waals surface area contributed by atoms with Gasteiger partial charge in [-0.1, -0.05) is 12.1 Å². The fraction of sp³-hybridized carbons (Fsp3) is 0.300. The number of hydrogen-bond acceptors (Lipinski definition) is 4. The Hall–Kier alpha value is -1.28. The highest BCUT2D eigenvalue weighted by atomic mass is 79.9. The average molecular weight is 337 g/mol. The van der Waals surface area contributed by atoms with E-state index in [0.29, 0.717) is 10.2 Å². The van der Waals surface area contributed by atoms with Crippen LogP contribution in [-0.2, 0) is 14.9 Å². The highest BCUT2D eigenvalue weighted by molar-refractivity contribution is 9.10. The lowest BCUT2D eigenvalue weighted by atomic mass is 10.3. The Morgan fingerprint density at radius 3 is 2.50 bits per heavy atom. The van der Waals surface area contributed by atoms with Gasteiger partial charge in [-0.05, 0) is 41.9 Å². The zero-order valence-corrected chi connectivity index (χ0v) is 12.2. The number of carbonyl (C=O) groups is 1. The largest absolute Gasteiger partial charge is 0.446 e. The number of rotatable bonds is 4. The van der Waals surface area contributed by atoms with Gasteiger partial charge in [0.1, 0.15) is 0 Å². The summed E-state index contributed by atoms with van der Waals surface area (Å²) in [5.74, 6) is 0. The summed E-state index contributed by atoms with van der Waals surface area (Å²) in [6.45, 7) is 3.24. The third kappa shape index (κ3) is 4.92. The Kier molecular flexibility index (Phi) is 4.97. The van der Waals surface area contributed by atoms with E-state index in [1.807, 2.05) is 0 Å². The van der Waals surface area contributed by atoms with Crippen LogP contribution in [0.2, 0.25) is 0 Å². The van der Waals surface area contributed by atoms with Gasteiger partial charge >= 0.3 is 16.3 Å². The van der Waals surface area contributed by atoms with Crippen molar-refractivity contribution in [2.24, 2.45) is 0 Å². The second-order valence-corrected chi connectivity index (χ2v) is 5.91. The maximum absolute atomic E-state index is 11.6. The molecule has 0 saturated heterocycles. The molecule has 0 aliphatic heterocycles. The zero-order chi connectivity index (χ0) is 13.8. The van der Waals surface area contributed by atoms with Crippen LogP contribution in [0.15, 0.2) is 28.7 Å². The van der Waals surface area contributed by atoms with Gasteiger partial charge in [-0.2, -0.15) is 8.42 Å². The van der Waals surface area contributed by atoms with Gasteiger partial charge in [0.15, 0.2) is 0 Å². The minimum absolute atomic E-state index is 0.322. The van der Waals surface area contributed by atoms with E-state index in [2.05, 4.69) is 25.4 Å². The summed E-state index contributed by atoms with van der Waals surface area (Å²) in [4.78, 5) is 11.2. The van der Waals surface area contributed by atoms with Crippen molar-refractivity contribution >= 4 is 37.9 Å². The van der Waals surface area contributed by atoms with E-state index in [0.717, 1.165) is 0 Å². The van der Waals surface area contributed by atoms with E-state index >= 15 is 0 Å². The van der Waals surface area contributed by atoms with Crippen LogP contribution in [-0.4, -0.2) is 20.6 Å². The maximum Gasteiger partial charge on any atom is 0.422 e. The Bertz CT molecular complexity index is 530. The molecule has 0 heterocycles. The van der Waals surface area contributed by atoms with Crippen LogP contribution >= 0.6 is 15.9 Å². The van der Waals surface area contributed by atoms with Gasteiger partial charge in [0.25, 0.3) is 0 Å². The fourth-order valence-electron chi connectivity index (χ4n) is 1.06. The average Bonchev–Trinajstić information content (AvgIpc) is 2.18. The van der Waals surface area contributed by atoms with Crippen LogP contribution in [0.25, 0.3) is 0 Å². The van der Waals surface area contributed by atoms with Crippen LogP contribution in [0.3, 0.4) is 0 Å². The summed E-state index contributed by atoms with van der Waals surface area (Å²) in [6, 6.07) is 6.62. The first-order valence-electron chi connectivity index (χ1n) is 5.06. The predicted octanol–water partition coefficient (Wildman–Crippen LogP) is 2.24. The number of carbonyl (C=O) groups excluding carboxylic acids is 1. The molecular weight excluding hydrogens is 324 g/mol. The molecule has 0 radical (unpaired) electrons. The Balaban J connectivity index is 2.72. The lowest BCUT2D eigenvalue weighted by Gasteiger charge is -2.12. The third-order valence-electron chi connectivity index (χ3n) is 1.68. The molecule has 0 bridgehead atoms. The number of anilines is 1. The quantitative estimate of drug-likeness (QED) is 0.882. The van der Waals surface area contributed by atoms with Crippen molar-refractivity contribution in [3.63, 3.8) is 0 Å². The van der Waals surface area contributed by atoms with Gasteiger partial charge in [0.05, 0.1) is 11.8 Å². The van der Waals surface area contributed by atoms with Crippen molar-refractivity contribution in [2.45, 2.75) is 20.0 Å². The minimum atomic E-state index is -4.01. The molecule has 0 unspecified atom stereocenters. The number of hydrogen-bond donors (Lipinski definition) is 2. The summed E-state index contributed by atoms with van der Waals surface area (Å²) in [6.07, 6.45) is -1.42. The topological polar surface area (TPSA) is 84.5 Å². The first-order chi connectivity index (χ1) is 8.30. The van der Waals surface area contributed by atoms with Gasteiger partial charge in [-0.15, -0.1) is 0 Å². The van der Waals surface area contributed by atoms with Gasteiger partial charge < -0.3 is 4.74 Å². The van der Waals surface area contributed by atoms with Crippen molar-refractivity contribution in [1.82, 2.24) is 4.72 Å².